The highest BCUT2D eigenvalue weighted by Crippen LogP contribution is 2.31. The lowest BCUT2D eigenvalue weighted by atomic mass is 9.94. The highest BCUT2D eigenvalue weighted by molar-refractivity contribution is 7.14. The van der Waals surface area contributed by atoms with Gasteiger partial charge in [0, 0.05) is 4.88 Å². The molecule has 0 amide bonds. The van der Waals surface area contributed by atoms with Gasteiger partial charge in [0.25, 0.3) is 0 Å². The van der Waals surface area contributed by atoms with Gasteiger partial charge in [0.1, 0.15) is 5.92 Å². The maximum absolute atomic E-state index is 12.3. The van der Waals surface area contributed by atoms with E-state index in [1.54, 1.807) is 0 Å². The van der Waals surface area contributed by atoms with E-state index in [4.69, 9.17) is 5.26 Å². The third kappa shape index (κ3) is 4.47. The lowest BCUT2D eigenvalue weighted by Crippen LogP contribution is -2.12. The first-order chi connectivity index (χ1) is 8.90. The maximum Gasteiger partial charge on any atom is 0.189 e. The Morgan fingerprint density at radius 3 is 2.53 bits per heavy atom. The molecule has 1 unspecified atom stereocenters. The van der Waals surface area contributed by atoms with Crippen LogP contribution in [0.1, 0.15) is 67.9 Å². The van der Waals surface area contributed by atoms with Crippen LogP contribution in [0.15, 0.2) is 12.1 Å². The average molecular weight is 277 g/mol. The van der Waals surface area contributed by atoms with Gasteiger partial charge in [-0.15, -0.1) is 11.3 Å². The SMILES string of the molecule is CCCCCC(C#N)C(=O)c1ccc(C(C)(C)C)s1. The van der Waals surface area contributed by atoms with Crippen molar-refractivity contribution in [2.24, 2.45) is 5.92 Å². The minimum atomic E-state index is -0.474. The van der Waals surface area contributed by atoms with Gasteiger partial charge in [-0.3, -0.25) is 4.79 Å². The van der Waals surface area contributed by atoms with Crippen LogP contribution in [0.2, 0.25) is 0 Å². The van der Waals surface area contributed by atoms with E-state index in [0.717, 1.165) is 24.1 Å². The highest BCUT2D eigenvalue weighted by atomic mass is 32.1. The minimum absolute atomic E-state index is 0.000830. The molecule has 3 heteroatoms. The molecule has 1 heterocycles. The zero-order valence-electron chi connectivity index (χ0n) is 12.3. The molecule has 19 heavy (non-hydrogen) atoms. The Balaban J connectivity index is 2.76. The van der Waals surface area contributed by atoms with Crippen LogP contribution < -0.4 is 0 Å². The predicted octanol–water partition coefficient (Wildman–Crippen LogP) is 4.95. The number of hydrogen-bond acceptors (Lipinski definition) is 3. The van der Waals surface area contributed by atoms with Crippen molar-refractivity contribution in [3.8, 4) is 6.07 Å². The predicted molar refractivity (Wildman–Crippen MR) is 80.6 cm³/mol. The summed E-state index contributed by atoms with van der Waals surface area (Å²) in [4.78, 5) is 14.2. The maximum atomic E-state index is 12.3. The monoisotopic (exact) mass is 277 g/mol. The first kappa shape index (κ1) is 15.9. The summed E-state index contributed by atoms with van der Waals surface area (Å²) in [6, 6.07) is 6.05. The summed E-state index contributed by atoms with van der Waals surface area (Å²) in [5.41, 5.74) is 0.0630. The normalized spacial score (nSPS) is 13.0. The Morgan fingerprint density at radius 1 is 1.37 bits per heavy atom. The minimum Gasteiger partial charge on any atom is -0.292 e. The van der Waals surface area contributed by atoms with Crippen molar-refractivity contribution in [3.63, 3.8) is 0 Å². The number of rotatable bonds is 6. The molecule has 0 aliphatic heterocycles. The summed E-state index contributed by atoms with van der Waals surface area (Å²) >= 11 is 1.53. The second-order valence-electron chi connectivity index (χ2n) is 5.96. The number of ketones is 1. The van der Waals surface area contributed by atoms with Crippen LogP contribution in [0, 0.1) is 17.2 Å². The molecule has 1 atom stereocenters. The molecule has 0 aliphatic carbocycles. The van der Waals surface area contributed by atoms with Gasteiger partial charge in [0.15, 0.2) is 5.78 Å². The molecule has 2 nitrogen and oxygen atoms in total. The molecule has 0 radical (unpaired) electrons. The summed E-state index contributed by atoms with van der Waals surface area (Å²) in [5.74, 6) is -0.475. The van der Waals surface area contributed by atoms with Crippen molar-refractivity contribution in [2.45, 2.75) is 58.8 Å². The second kappa shape index (κ2) is 6.86. The average Bonchev–Trinajstić information content (AvgIpc) is 2.83. The largest absolute Gasteiger partial charge is 0.292 e. The number of hydrogen-bond donors (Lipinski definition) is 0. The number of thiophene rings is 1. The lowest BCUT2D eigenvalue weighted by Gasteiger charge is -2.15. The van der Waals surface area contributed by atoms with E-state index in [2.05, 4.69) is 33.8 Å². The second-order valence-corrected chi connectivity index (χ2v) is 7.04. The van der Waals surface area contributed by atoms with Gasteiger partial charge in [-0.1, -0.05) is 47.0 Å². The van der Waals surface area contributed by atoms with Crippen LogP contribution in [-0.2, 0) is 5.41 Å². The molecule has 1 aromatic heterocycles. The fourth-order valence-corrected chi connectivity index (χ4v) is 2.96. The van der Waals surface area contributed by atoms with Gasteiger partial charge >= 0.3 is 0 Å². The number of nitriles is 1. The number of carbonyl (C=O) groups is 1. The first-order valence-electron chi connectivity index (χ1n) is 6.94. The van der Waals surface area contributed by atoms with Gasteiger partial charge < -0.3 is 0 Å². The molecule has 0 saturated carbocycles. The number of carbonyl (C=O) groups excluding carboxylic acids is 1. The van der Waals surface area contributed by atoms with Crippen molar-refractivity contribution in [2.75, 3.05) is 0 Å². The first-order valence-corrected chi connectivity index (χ1v) is 7.76. The number of unbranched alkanes of at least 4 members (excludes halogenated alkanes) is 2. The molecule has 0 fully saturated rings. The van der Waals surface area contributed by atoms with Crippen molar-refractivity contribution in [3.05, 3.63) is 21.9 Å². The van der Waals surface area contributed by atoms with Crippen LogP contribution in [0.3, 0.4) is 0 Å². The summed E-state index contributed by atoms with van der Waals surface area (Å²) in [6.45, 7) is 8.53. The topological polar surface area (TPSA) is 40.9 Å². The summed E-state index contributed by atoms with van der Waals surface area (Å²) in [5, 5.41) is 9.16. The Labute approximate surface area is 120 Å². The van der Waals surface area contributed by atoms with E-state index in [9.17, 15) is 4.79 Å². The standard InChI is InChI=1S/C16H23NOS/c1-5-6-7-8-12(11-17)15(18)13-9-10-14(19-13)16(2,3)4/h9-10,12H,5-8H2,1-4H3. The number of nitrogens with zero attached hydrogens (tertiary/aromatic N) is 1. The fraction of sp³-hybridized carbons (Fsp3) is 0.625. The van der Waals surface area contributed by atoms with E-state index < -0.39 is 5.92 Å². The van der Waals surface area contributed by atoms with Crippen LogP contribution in [0.25, 0.3) is 0 Å². The van der Waals surface area contributed by atoms with Crippen molar-refractivity contribution in [1.82, 2.24) is 0 Å². The summed E-state index contributed by atoms with van der Waals surface area (Å²) in [6.07, 6.45) is 3.84. The Bertz CT molecular complexity index is 462. The van der Waals surface area contributed by atoms with E-state index >= 15 is 0 Å². The van der Waals surface area contributed by atoms with Gasteiger partial charge in [-0.05, 0) is 24.0 Å². The van der Waals surface area contributed by atoms with E-state index in [0.29, 0.717) is 6.42 Å². The van der Waals surface area contributed by atoms with Crippen molar-refractivity contribution in [1.29, 1.82) is 5.26 Å². The Kier molecular flexibility index (Phi) is 5.75. The molecule has 0 spiro atoms. The molecule has 0 bridgehead atoms. The molecular formula is C16H23NOS. The van der Waals surface area contributed by atoms with Gasteiger partial charge in [-0.25, -0.2) is 0 Å². The van der Waals surface area contributed by atoms with Crippen LogP contribution >= 0.6 is 11.3 Å². The van der Waals surface area contributed by atoms with E-state index in [1.807, 2.05) is 12.1 Å². The zero-order valence-corrected chi connectivity index (χ0v) is 13.1. The highest BCUT2D eigenvalue weighted by Gasteiger charge is 2.23. The molecule has 1 aromatic rings. The fourth-order valence-electron chi connectivity index (χ4n) is 1.90. The quantitative estimate of drug-likeness (QED) is 0.545. The number of Topliss-reactive ketones (excluding diaryl/α,β-unsaturated/α-hetero) is 1. The van der Waals surface area contributed by atoms with Gasteiger partial charge in [0.05, 0.1) is 10.9 Å². The molecule has 1 rings (SSSR count). The Morgan fingerprint density at radius 2 is 2.05 bits per heavy atom. The smallest absolute Gasteiger partial charge is 0.189 e. The van der Waals surface area contributed by atoms with Crippen molar-refractivity contribution >= 4 is 17.1 Å². The molecule has 0 N–H and O–H groups in total. The molecule has 0 aromatic carbocycles. The van der Waals surface area contributed by atoms with E-state index in [-0.39, 0.29) is 11.2 Å². The zero-order chi connectivity index (χ0) is 14.5. The molecule has 0 saturated heterocycles. The van der Waals surface area contributed by atoms with Crippen LogP contribution in [-0.4, -0.2) is 5.78 Å². The molecular weight excluding hydrogens is 254 g/mol. The Hall–Kier alpha value is -1.14. The van der Waals surface area contributed by atoms with E-state index in [1.165, 1.54) is 16.2 Å². The van der Waals surface area contributed by atoms with Crippen molar-refractivity contribution < 1.29 is 4.79 Å². The van der Waals surface area contributed by atoms with Gasteiger partial charge in [-0.2, -0.15) is 5.26 Å². The summed E-state index contributed by atoms with van der Waals surface area (Å²) < 4.78 is 0. The van der Waals surface area contributed by atoms with Crippen LogP contribution in [0.5, 0.6) is 0 Å². The molecule has 0 aliphatic rings. The third-order valence-electron chi connectivity index (χ3n) is 3.16. The van der Waals surface area contributed by atoms with Crippen LogP contribution in [0.4, 0.5) is 0 Å². The third-order valence-corrected chi connectivity index (χ3v) is 4.68. The summed E-state index contributed by atoms with van der Waals surface area (Å²) in [7, 11) is 0. The van der Waals surface area contributed by atoms with Gasteiger partial charge in [0.2, 0.25) is 0 Å². The lowest BCUT2D eigenvalue weighted by molar-refractivity contribution is 0.0946. The molecule has 104 valence electrons.